The SMILES string of the molecule is COc1ccc(/C=C(/NC(=O)c2ccccc2)C(=O)Nc2cccc(SCC(=O)Nc3ccc(Cl)cc3)c2)cc1OC. The van der Waals surface area contributed by atoms with E-state index in [0.29, 0.717) is 39.0 Å². The lowest BCUT2D eigenvalue weighted by Crippen LogP contribution is -2.30. The molecular weight excluding hydrogens is 574 g/mol. The molecule has 214 valence electrons. The van der Waals surface area contributed by atoms with Crippen molar-refractivity contribution in [3.05, 3.63) is 119 Å². The molecule has 0 unspecified atom stereocenters. The number of amides is 3. The number of anilines is 2. The van der Waals surface area contributed by atoms with Gasteiger partial charge in [0.2, 0.25) is 5.91 Å². The molecule has 4 aromatic carbocycles. The molecule has 0 atom stereocenters. The maximum atomic E-state index is 13.4. The summed E-state index contributed by atoms with van der Waals surface area (Å²) in [4.78, 5) is 39.6. The van der Waals surface area contributed by atoms with Crippen molar-refractivity contribution in [2.45, 2.75) is 4.90 Å². The van der Waals surface area contributed by atoms with Crippen LogP contribution in [-0.4, -0.2) is 37.7 Å². The predicted octanol–water partition coefficient (Wildman–Crippen LogP) is 6.50. The zero-order valence-electron chi connectivity index (χ0n) is 22.8. The molecule has 0 heterocycles. The van der Waals surface area contributed by atoms with Crippen LogP contribution in [0.25, 0.3) is 6.08 Å². The monoisotopic (exact) mass is 601 g/mol. The number of carbonyl (C=O) groups is 3. The van der Waals surface area contributed by atoms with Gasteiger partial charge in [-0.1, -0.05) is 41.9 Å². The Morgan fingerprint density at radius 1 is 0.786 bits per heavy atom. The van der Waals surface area contributed by atoms with Crippen molar-refractivity contribution in [2.24, 2.45) is 0 Å². The molecule has 10 heteroatoms. The molecule has 0 saturated heterocycles. The Bertz CT molecular complexity index is 1590. The normalized spacial score (nSPS) is 10.9. The molecule has 0 saturated carbocycles. The predicted molar refractivity (Wildman–Crippen MR) is 167 cm³/mol. The topological polar surface area (TPSA) is 106 Å². The number of halogens is 1. The molecule has 3 N–H and O–H groups in total. The summed E-state index contributed by atoms with van der Waals surface area (Å²) in [5.74, 6) is 0.0264. The van der Waals surface area contributed by atoms with E-state index in [-0.39, 0.29) is 17.4 Å². The van der Waals surface area contributed by atoms with E-state index < -0.39 is 11.8 Å². The molecule has 0 fully saturated rings. The summed E-state index contributed by atoms with van der Waals surface area (Å²) in [6, 6.07) is 27.7. The van der Waals surface area contributed by atoms with Crippen molar-refractivity contribution < 1.29 is 23.9 Å². The van der Waals surface area contributed by atoms with Gasteiger partial charge in [0.25, 0.3) is 11.8 Å². The minimum absolute atomic E-state index is 0.0245. The fraction of sp³-hybridized carbons (Fsp3) is 0.0938. The highest BCUT2D eigenvalue weighted by atomic mass is 35.5. The third kappa shape index (κ3) is 8.63. The fourth-order valence-electron chi connectivity index (χ4n) is 3.79. The van der Waals surface area contributed by atoms with E-state index in [9.17, 15) is 14.4 Å². The molecule has 0 aromatic heterocycles. The first-order valence-electron chi connectivity index (χ1n) is 12.7. The quantitative estimate of drug-likeness (QED) is 0.134. The Labute approximate surface area is 253 Å². The molecule has 42 heavy (non-hydrogen) atoms. The van der Waals surface area contributed by atoms with Crippen molar-refractivity contribution in [1.82, 2.24) is 5.32 Å². The van der Waals surface area contributed by atoms with Crippen molar-refractivity contribution in [1.29, 1.82) is 0 Å². The molecule has 3 amide bonds. The number of hydrogen-bond donors (Lipinski definition) is 3. The van der Waals surface area contributed by atoms with Crippen LogP contribution in [-0.2, 0) is 9.59 Å². The number of ether oxygens (including phenoxy) is 2. The minimum Gasteiger partial charge on any atom is -0.493 e. The largest absolute Gasteiger partial charge is 0.493 e. The highest BCUT2D eigenvalue weighted by Gasteiger charge is 2.16. The van der Waals surface area contributed by atoms with Gasteiger partial charge in [0, 0.05) is 26.9 Å². The summed E-state index contributed by atoms with van der Waals surface area (Å²) in [7, 11) is 3.05. The Balaban J connectivity index is 1.49. The molecule has 4 rings (SSSR count). The van der Waals surface area contributed by atoms with E-state index >= 15 is 0 Å². The van der Waals surface area contributed by atoms with Gasteiger partial charge in [-0.15, -0.1) is 11.8 Å². The van der Waals surface area contributed by atoms with Crippen LogP contribution in [0.5, 0.6) is 11.5 Å². The van der Waals surface area contributed by atoms with Gasteiger partial charge in [-0.2, -0.15) is 0 Å². The molecular formula is C32H28ClN3O5S. The Kier molecular flexibility index (Phi) is 10.6. The highest BCUT2D eigenvalue weighted by molar-refractivity contribution is 8.00. The third-order valence-electron chi connectivity index (χ3n) is 5.84. The first-order valence-corrected chi connectivity index (χ1v) is 14.1. The van der Waals surface area contributed by atoms with Crippen LogP contribution in [0.3, 0.4) is 0 Å². The summed E-state index contributed by atoms with van der Waals surface area (Å²) in [5, 5.41) is 8.96. The molecule has 0 aliphatic heterocycles. The summed E-state index contributed by atoms with van der Waals surface area (Å²) in [6.45, 7) is 0. The first kappa shape index (κ1) is 30.2. The number of hydrogen-bond acceptors (Lipinski definition) is 6. The average Bonchev–Trinajstić information content (AvgIpc) is 3.01. The molecule has 0 aliphatic rings. The van der Waals surface area contributed by atoms with Gasteiger partial charge in [-0.3, -0.25) is 14.4 Å². The summed E-state index contributed by atoms with van der Waals surface area (Å²) in [6.07, 6.45) is 1.55. The Morgan fingerprint density at radius 2 is 1.52 bits per heavy atom. The van der Waals surface area contributed by atoms with Crippen LogP contribution in [0, 0.1) is 0 Å². The molecule has 0 bridgehead atoms. The van der Waals surface area contributed by atoms with Gasteiger partial charge in [0.1, 0.15) is 5.70 Å². The number of benzene rings is 4. The summed E-state index contributed by atoms with van der Waals surface area (Å²) < 4.78 is 10.7. The van der Waals surface area contributed by atoms with E-state index in [1.54, 1.807) is 97.1 Å². The van der Waals surface area contributed by atoms with Gasteiger partial charge in [0.15, 0.2) is 11.5 Å². The second kappa shape index (κ2) is 14.8. The lowest BCUT2D eigenvalue weighted by molar-refractivity contribution is -0.114. The van der Waals surface area contributed by atoms with Crippen LogP contribution in [0.1, 0.15) is 15.9 Å². The van der Waals surface area contributed by atoms with Gasteiger partial charge in [0.05, 0.1) is 20.0 Å². The number of carbonyl (C=O) groups excluding carboxylic acids is 3. The van der Waals surface area contributed by atoms with Gasteiger partial charge < -0.3 is 25.4 Å². The highest BCUT2D eigenvalue weighted by Crippen LogP contribution is 2.29. The summed E-state index contributed by atoms with van der Waals surface area (Å²) in [5.41, 5.74) is 2.19. The molecule has 0 aliphatic carbocycles. The Morgan fingerprint density at radius 3 is 2.24 bits per heavy atom. The lowest BCUT2D eigenvalue weighted by atomic mass is 10.1. The zero-order chi connectivity index (χ0) is 29.9. The molecule has 4 aromatic rings. The van der Waals surface area contributed by atoms with Crippen molar-refractivity contribution in [2.75, 3.05) is 30.6 Å². The van der Waals surface area contributed by atoms with E-state index in [1.807, 2.05) is 6.07 Å². The van der Waals surface area contributed by atoms with Crippen LogP contribution in [0.15, 0.2) is 108 Å². The van der Waals surface area contributed by atoms with Crippen molar-refractivity contribution >= 4 is 58.5 Å². The van der Waals surface area contributed by atoms with Gasteiger partial charge in [-0.25, -0.2) is 0 Å². The van der Waals surface area contributed by atoms with Gasteiger partial charge in [-0.05, 0) is 78.4 Å². The molecule has 0 spiro atoms. The average molecular weight is 602 g/mol. The van der Waals surface area contributed by atoms with Crippen molar-refractivity contribution in [3.63, 3.8) is 0 Å². The standard InChI is InChI=1S/C32H28ClN3O5S/c1-40-28-16-11-21(18-29(28)41-2)17-27(36-31(38)22-7-4-3-5-8-22)32(39)35-25-9-6-10-26(19-25)42-20-30(37)34-24-14-12-23(33)13-15-24/h3-19H,20H2,1-2H3,(H,34,37)(H,35,39)(H,36,38)/b27-17+. The maximum absolute atomic E-state index is 13.4. The second-order valence-corrected chi connectivity index (χ2v) is 10.3. The van der Waals surface area contributed by atoms with Gasteiger partial charge >= 0.3 is 0 Å². The number of thioether (sulfide) groups is 1. The number of methoxy groups -OCH3 is 2. The molecule has 8 nitrogen and oxygen atoms in total. The smallest absolute Gasteiger partial charge is 0.272 e. The minimum atomic E-state index is -0.531. The second-order valence-electron chi connectivity index (χ2n) is 8.82. The van der Waals surface area contributed by atoms with E-state index in [1.165, 1.54) is 26.0 Å². The number of nitrogens with one attached hydrogen (secondary N) is 3. The molecule has 0 radical (unpaired) electrons. The van der Waals surface area contributed by atoms with Crippen molar-refractivity contribution in [3.8, 4) is 11.5 Å². The summed E-state index contributed by atoms with van der Waals surface area (Å²) >= 11 is 7.22. The lowest BCUT2D eigenvalue weighted by Gasteiger charge is -2.13. The van der Waals surface area contributed by atoms with Crippen LogP contribution >= 0.6 is 23.4 Å². The maximum Gasteiger partial charge on any atom is 0.272 e. The van der Waals surface area contributed by atoms with Crippen LogP contribution < -0.4 is 25.4 Å². The van der Waals surface area contributed by atoms with E-state index in [2.05, 4.69) is 16.0 Å². The first-order chi connectivity index (χ1) is 20.3. The van der Waals surface area contributed by atoms with Crippen LogP contribution in [0.2, 0.25) is 5.02 Å². The third-order valence-corrected chi connectivity index (χ3v) is 7.08. The Hall–Kier alpha value is -4.73. The fourth-order valence-corrected chi connectivity index (χ4v) is 4.67. The van der Waals surface area contributed by atoms with E-state index in [0.717, 1.165) is 4.90 Å². The number of rotatable bonds is 11. The van der Waals surface area contributed by atoms with Crippen LogP contribution in [0.4, 0.5) is 11.4 Å². The van der Waals surface area contributed by atoms with E-state index in [4.69, 9.17) is 21.1 Å². The zero-order valence-corrected chi connectivity index (χ0v) is 24.4.